The van der Waals surface area contributed by atoms with E-state index in [1.165, 1.54) is 0 Å². The zero-order chi connectivity index (χ0) is 10.8. The van der Waals surface area contributed by atoms with Gasteiger partial charge in [0.2, 0.25) is 0 Å². The fourth-order valence-electron chi connectivity index (χ4n) is 1.87. The van der Waals surface area contributed by atoms with E-state index < -0.39 is 12.1 Å². The monoisotopic (exact) mass is 209 g/mol. The summed E-state index contributed by atoms with van der Waals surface area (Å²) in [5.41, 5.74) is 0.858. The van der Waals surface area contributed by atoms with Crippen molar-refractivity contribution in [2.45, 2.75) is 12.6 Å². The molecule has 2 rings (SSSR count). The highest BCUT2D eigenvalue weighted by Crippen LogP contribution is 2.25. The molecule has 1 heterocycles. The minimum absolute atomic E-state index is 0.242. The van der Waals surface area contributed by atoms with Gasteiger partial charge in [-0.05, 0) is 18.6 Å². The molecule has 0 aliphatic carbocycles. The number of alkyl halides is 1. The molecule has 1 aliphatic rings. The molecule has 0 aromatic heterocycles. The minimum atomic E-state index is -0.965. The lowest BCUT2D eigenvalue weighted by Gasteiger charge is -2.19. The number of hydrogen-bond acceptors (Lipinski definition) is 2. The molecule has 1 aromatic carbocycles. The number of carbonyl (C=O) groups is 1. The van der Waals surface area contributed by atoms with Gasteiger partial charge in [-0.1, -0.05) is 12.1 Å². The molecule has 1 atom stereocenters. The summed E-state index contributed by atoms with van der Waals surface area (Å²) >= 11 is 0. The third-order valence-corrected chi connectivity index (χ3v) is 2.61. The molecule has 0 spiro atoms. The molecule has 3 nitrogen and oxygen atoms in total. The SMILES string of the molecule is O=C(O)c1ccccc1N1CCC(F)C1. The van der Waals surface area contributed by atoms with E-state index in [1.54, 1.807) is 29.2 Å². The van der Waals surface area contributed by atoms with Gasteiger partial charge < -0.3 is 10.0 Å². The number of carboxylic acid groups (broad SMARTS) is 1. The van der Waals surface area contributed by atoms with E-state index in [-0.39, 0.29) is 5.56 Å². The molecule has 0 amide bonds. The van der Waals surface area contributed by atoms with E-state index in [2.05, 4.69) is 0 Å². The van der Waals surface area contributed by atoms with Crippen LogP contribution >= 0.6 is 0 Å². The van der Waals surface area contributed by atoms with Gasteiger partial charge in [0.1, 0.15) is 6.17 Å². The van der Waals surface area contributed by atoms with Gasteiger partial charge in [-0.15, -0.1) is 0 Å². The highest BCUT2D eigenvalue weighted by molar-refractivity contribution is 5.94. The standard InChI is InChI=1S/C11H12FNO2/c12-8-5-6-13(7-8)10-4-2-1-3-9(10)11(14)15/h1-4,8H,5-7H2,(H,14,15). The Bertz CT molecular complexity index is 381. The number of para-hydroxylation sites is 1. The molecule has 1 aliphatic heterocycles. The predicted octanol–water partition coefficient (Wildman–Crippen LogP) is 1.93. The summed E-state index contributed by atoms with van der Waals surface area (Å²) in [5, 5.41) is 8.97. The Balaban J connectivity index is 2.31. The molecule has 4 heteroatoms. The lowest BCUT2D eigenvalue weighted by molar-refractivity contribution is 0.0697. The molecule has 0 radical (unpaired) electrons. The van der Waals surface area contributed by atoms with Gasteiger partial charge in [0.15, 0.2) is 0 Å². The number of nitrogens with zero attached hydrogens (tertiary/aromatic N) is 1. The Kier molecular flexibility index (Phi) is 2.58. The molecule has 1 fully saturated rings. The van der Waals surface area contributed by atoms with Crippen LogP contribution in [-0.2, 0) is 0 Å². The summed E-state index contributed by atoms with van der Waals surface area (Å²) in [6, 6.07) is 6.72. The van der Waals surface area contributed by atoms with Crippen LogP contribution in [0.5, 0.6) is 0 Å². The van der Waals surface area contributed by atoms with Gasteiger partial charge in [0.05, 0.1) is 11.3 Å². The van der Waals surface area contributed by atoms with Crippen molar-refractivity contribution >= 4 is 11.7 Å². The molecule has 80 valence electrons. The maximum absolute atomic E-state index is 13.0. The van der Waals surface area contributed by atoms with E-state index in [4.69, 9.17) is 5.11 Å². The molecule has 1 saturated heterocycles. The van der Waals surface area contributed by atoms with Gasteiger partial charge in [0.25, 0.3) is 0 Å². The highest BCUT2D eigenvalue weighted by Gasteiger charge is 2.24. The number of benzene rings is 1. The molecule has 15 heavy (non-hydrogen) atoms. The fourth-order valence-corrected chi connectivity index (χ4v) is 1.87. The van der Waals surface area contributed by atoms with Crippen LogP contribution in [0.4, 0.5) is 10.1 Å². The van der Waals surface area contributed by atoms with Crippen molar-refractivity contribution in [2.75, 3.05) is 18.0 Å². The van der Waals surface area contributed by atoms with Crippen molar-refractivity contribution < 1.29 is 14.3 Å². The van der Waals surface area contributed by atoms with E-state index in [1.807, 2.05) is 0 Å². The fraction of sp³-hybridized carbons (Fsp3) is 0.364. The predicted molar refractivity (Wildman–Crippen MR) is 55.1 cm³/mol. The Morgan fingerprint density at radius 3 is 2.80 bits per heavy atom. The number of rotatable bonds is 2. The van der Waals surface area contributed by atoms with Crippen molar-refractivity contribution in [2.24, 2.45) is 0 Å². The van der Waals surface area contributed by atoms with Gasteiger partial charge in [-0.2, -0.15) is 0 Å². The first-order chi connectivity index (χ1) is 7.18. The first-order valence-electron chi connectivity index (χ1n) is 4.90. The molecule has 1 aromatic rings. The lowest BCUT2D eigenvalue weighted by atomic mass is 10.1. The van der Waals surface area contributed by atoms with Crippen molar-refractivity contribution in [1.82, 2.24) is 0 Å². The van der Waals surface area contributed by atoms with Crippen LogP contribution in [0.25, 0.3) is 0 Å². The van der Waals surface area contributed by atoms with Crippen LogP contribution in [0.1, 0.15) is 16.8 Å². The Labute approximate surface area is 87.1 Å². The van der Waals surface area contributed by atoms with Crippen molar-refractivity contribution in [3.8, 4) is 0 Å². The van der Waals surface area contributed by atoms with E-state index in [9.17, 15) is 9.18 Å². The summed E-state index contributed by atoms with van der Waals surface area (Å²) < 4.78 is 13.0. The molecule has 0 bridgehead atoms. The first-order valence-corrected chi connectivity index (χ1v) is 4.90. The Morgan fingerprint density at radius 1 is 1.47 bits per heavy atom. The van der Waals surface area contributed by atoms with Crippen molar-refractivity contribution in [3.05, 3.63) is 29.8 Å². The van der Waals surface area contributed by atoms with Crippen molar-refractivity contribution in [1.29, 1.82) is 0 Å². The third kappa shape index (κ3) is 1.93. The number of hydrogen-bond donors (Lipinski definition) is 1. The van der Waals surface area contributed by atoms with Crippen molar-refractivity contribution in [3.63, 3.8) is 0 Å². The largest absolute Gasteiger partial charge is 0.478 e. The average Bonchev–Trinajstić information content (AvgIpc) is 2.65. The number of carboxylic acids is 1. The second-order valence-corrected chi connectivity index (χ2v) is 3.65. The van der Waals surface area contributed by atoms with Crippen LogP contribution in [0.3, 0.4) is 0 Å². The van der Waals surface area contributed by atoms with Gasteiger partial charge in [-0.3, -0.25) is 0 Å². The summed E-state index contributed by atoms with van der Waals surface area (Å²) in [4.78, 5) is 12.7. The van der Waals surface area contributed by atoms with Crippen LogP contribution < -0.4 is 4.90 Å². The lowest BCUT2D eigenvalue weighted by Crippen LogP contribution is -2.22. The maximum atomic E-state index is 13.0. The number of halogens is 1. The summed E-state index contributed by atoms with van der Waals surface area (Å²) in [5.74, 6) is -0.965. The molecule has 1 N–H and O–H groups in total. The van der Waals surface area contributed by atoms with E-state index in [0.717, 1.165) is 0 Å². The van der Waals surface area contributed by atoms with E-state index >= 15 is 0 Å². The van der Waals surface area contributed by atoms with Crippen LogP contribution in [0, 0.1) is 0 Å². The summed E-state index contributed by atoms with van der Waals surface area (Å²) in [7, 11) is 0. The molecule has 0 saturated carbocycles. The average molecular weight is 209 g/mol. The molecular formula is C11H12FNO2. The zero-order valence-corrected chi connectivity index (χ0v) is 8.19. The topological polar surface area (TPSA) is 40.5 Å². The normalized spacial score (nSPS) is 20.6. The number of aromatic carboxylic acids is 1. The smallest absolute Gasteiger partial charge is 0.337 e. The van der Waals surface area contributed by atoms with Gasteiger partial charge >= 0.3 is 5.97 Å². The first kappa shape index (κ1) is 9.96. The molecular weight excluding hydrogens is 197 g/mol. The second kappa shape index (κ2) is 3.88. The summed E-state index contributed by atoms with van der Waals surface area (Å²) in [6.07, 6.45) is -0.361. The minimum Gasteiger partial charge on any atom is -0.478 e. The van der Waals surface area contributed by atoms with Gasteiger partial charge in [-0.25, -0.2) is 9.18 Å². The van der Waals surface area contributed by atoms with Crippen LogP contribution in [-0.4, -0.2) is 30.3 Å². The van der Waals surface area contributed by atoms with Gasteiger partial charge in [0, 0.05) is 13.1 Å². The zero-order valence-electron chi connectivity index (χ0n) is 8.19. The highest BCUT2D eigenvalue weighted by atomic mass is 19.1. The van der Waals surface area contributed by atoms with Crippen LogP contribution in [0.15, 0.2) is 24.3 Å². The maximum Gasteiger partial charge on any atom is 0.337 e. The second-order valence-electron chi connectivity index (χ2n) is 3.65. The molecule has 1 unspecified atom stereocenters. The van der Waals surface area contributed by atoms with E-state index in [0.29, 0.717) is 25.2 Å². The third-order valence-electron chi connectivity index (χ3n) is 2.61. The summed E-state index contributed by atoms with van der Waals surface area (Å²) in [6.45, 7) is 0.885. The quantitative estimate of drug-likeness (QED) is 0.809. The Hall–Kier alpha value is -1.58. The van der Waals surface area contributed by atoms with Crippen LogP contribution in [0.2, 0.25) is 0 Å². The Morgan fingerprint density at radius 2 is 2.20 bits per heavy atom. The number of anilines is 1.